The number of hydrogen-bond donors (Lipinski definition) is 1. The minimum absolute atomic E-state index is 0.248. The summed E-state index contributed by atoms with van der Waals surface area (Å²) in [4.78, 5) is -0.375. The minimum atomic E-state index is -4.65. The van der Waals surface area contributed by atoms with Crippen molar-refractivity contribution in [3.05, 3.63) is 29.2 Å². The van der Waals surface area contributed by atoms with Crippen molar-refractivity contribution in [2.45, 2.75) is 11.1 Å². The molecule has 1 aromatic rings. The predicted octanol–water partition coefficient (Wildman–Crippen LogP) is 1.63. The van der Waals surface area contributed by atoms with E-state index in [2.05, 4.69) is 12.6 Å². The summed E-state index contributed by atoms with van der Waals surface area (Å²) in [6.07, 6.45) is -3.87. The van der Waals surface area contributed by atoms with Crippen LogP contribution in [0.4, 0.5) is 13.2 Å². The molecule has 0 aromatic carbocycles. The Kier molecular flexibility index (Phi) is 2.18. The fourth-order valence-corrected chi connectivity index (χ4v) is 1.06. The molecule has 0 amide bonds. The number of hydrogen-bond acceptors (Lipinski definition) is 2. The lowest BCUT2D eigenvalue weighted by Crippen LogP contribution is -2.36. The van der Waals surface area contributed by atoms with Crippen molar-refractivity contribution >= 4 is 12.6 Å². The summed E-state index contributed by atoms with van der Waals surface area (Å²) >= 11 is 3.52. The van der Waals surface area contributed by atoms with Crippen LogP contribution in [0.15, 0.2) is 23.2 Å². The van der Waals surface area contributed by atoms with Crippen molar-refractivity contribution in [3.63, 3.8) is 0 Å². The molecule has 1 aromatic heterocycles. The molecule has 1 heterocycles. The summed E-state index contributed by atoms with van der Waals surface area (Å²) in [6, 6.07) is 2.31. The zero-order chi connectivity index (χ0) is 9.35. The summed E-state index contributed by atoms with van der Waals surface area (Å²) in [7, 11) is 0. The fraction of sp³-hybridized carbons (Fsp3) is 0.167. The highest BCUT2D eigenvalue weighted by Gasteiger charge is 2.41. The molecule has 66 valence electrons. The normalized spacial score (nSPS) is 11.7. The number of aromatic nitrogens is 1. The molecule has 2 nitrogen and oxygen atoms in total. The van der Waals surface area contributed by atoms with E-state index in [1.54, 1.807) is 0 Å². The summed E-state index contributed by atoms with van der Waals surface area (Å²) in [5.41, 5.74) is -1.28. The van der Waals surface area contributed by atoms with Gasteiger partial charge in [-0.2, -0.15) is 17.9 Å². The van der Waals surface area contributed by atoms with E-state index in [0.29, 0.717) is 0 Å². The van der Waals surface area contributed by atoms with E-state index in [4.69, 9.17) is 0 Å². The van der Waals surface area contributed by atoms with Gasteiger partial charge in [0, 0.05) is 6.07 Å². The van der Waals surface area contributed by atoms with E-state index in [1.165, 1.54) is 6.07 Å². The quantitative estimate of drug-likeness (QED) is 0.380. The monoisotopic (exact) mass is 195 g/mol. The van der Waals surface area contributed by atoms with E-state index < -0.39 is 11.9 Å². The second-order valence-corrected chi connectivity index (χ2v) is 2.55. The number of rotatable bonds is 0. The summed E-state index contributed by atoms with van der Waals surface area (Å²) in [5, 5.41) is 10.6. The Morgan fingerprint density at radius 3 is 2.33 bits per heavy atom. The lowest BCUT2D eigenvalue weighted by atomic mass is 10.3. The fourth-order valence-electron chi connectivity index (χ4n) is 0.749. The minimum Gasteiger partial charge on any atom is -0.618 e. The van der Waals surface area contributed by atoms with Gasteiger partial charge >= 0.3 is 11.9 Å². The largest absolute Gasteiger partial charge is 0.618 e. The average molecular weight is 195 g/mol. The molecule has 1 rings (SSSR count). The van der Waals surface area contributed by atoms with Gasteiger partial charge in [0.25, 0.3) is 0 Å². The van der Waals surface area contributed by atoms with Crippen molar-refractivity contribution in [2.75, 3.05) is 0 Å². The maximum absolute atomic E-state index is 12.0. The highest BCUT2D eigenvalue weighted by atomic mass is 32.1. The van der Waals surface area contributed by atoms with Crippen LogP contribution in [-0.4, -0.2) is 0 Å². The van der Waals surface area contributed by atoms with Crippen LogP contribution >= 0.6 is 12.6 Å². The first-order valence-corrected chi connectivity index (χ1v) is 3.36. The van der Waals surface area contributed by atoms with Gasteiger partial charge in [-0.15, -0.1) is 12.6 Å². The SMILES string of the molecule is [O-][n+]1cccc(S)c1C(F)(F)F. The van der Waals surface area contributed by atoms with Crippen molar-refractivity contribution in [2.24, 2.45) is 0 Å². The van der Waals surface area contributed by atoms with Crippen LogP contribution in [0.2, 0.25) is 0 Å². The smallest absolute Gasteiger partial charge is 0.480 e. The third-order valence-electron chi connectivity index (χ3n) is 1.21. The molecule has 0 spiro atoms. The van der Waals surface area contributed by atoms with Crippen LogP contribution < -0.4 is 4.73 Å². The van der Waals surface area contributed by atoms with E-state index in [9.17, 15) is 18.4 Å². The lowest BCUT2D eigenvalue weighted by molar-refractivity contribution is -0.631. The third-order valence-corrected chi connectivity index (χ3v) is 1.57. The first-order chi connectivity index (χ1) is 5.43. The summed E-state index contributed by atoms with van der Waals surface area (Å²) in [6.45, 7) is 0. The number of alkyl halides is 3. The van der Waals surface area contributed by atoms with E-state index in [1.807, 2.05) is 0 Å². The lowest BCUT2D eigenvalue weighted by Gasteiger charge is -2.08. The Morgan fingerprint density at radius 1 is 1.42 bits per heavy atom. The van der Waals surface area contributed by atoms with Gasteiger partial charge in [0.1, 0.15) is 0 Å². The van der Waals surface area contributed by atoms with E-state index in [0.717, 1.165) is 12.3 Å². The highest BCUT2D eigenvalue weighted by Crippen LogP contribution is 2.30. The van der Waals surface area contributed by atoms with Gasteiger partial charge in [-0.1, -0.05) is 0 Å². The van der Waals surface area contributed by atoms with E-state index >= 15 is 0 Å². The number of thiol groups is 1. The standard InChI is InChI=1S/C6H4F3NOS/c7-6(8,9)5-4(12)2-1-3-10(5)11/h1-3,12H. The van der Waals surface area contributed by atoms with Crippen LogP contribution in [0.3, 0.4) is 0 Å². The number of pyridine rings is 1. The van der Waals surface area contributed by atoms with Gasteiger partial charge < -0.3 is 5.21 Å². The average Bonchev–Trinajstić information content (AvgIpc) is 1.82. The van der Waals surface area contributed by atoms with Crippen LogP contribution in [0.25, 0.3) is 0 Å². The van der Waals surface area contributed by atoms with Crippen LogP contribution in [0.1, 0.15) is 5.69 Å². The molecular weight excluding hydrogens is 191 g/mol. The van der Waals surface area contributed by atoms with Gasteiger partial charge in [0.15, 0.2) is 6.20 Å². The van der Waals surface area contributed by atoms with Crippen molar-refractivity contribution in [1.82, 2.24) is 0 Å². The number of halogens is 3. The Hall–Kier alpha value is -0.910. The first-order valence-electron chi connectivity index (χ1n) is 2.91. The van der Waals surface area contributed by atoms with Crippen LogP contribution in [-0.2, 0) is 6.18 Å². The van der Waals surface area contributed by atoms with Crippen molar-refractivity contribution in [1.29, 1.82) is 0 Å². The molecule has 0 saturated carbocycles. The first kappa shape index (κ1) is 9.18. The molecule has 0 bridgehead atoms. The Balaban J connectivity index is 3.31. The molecule has 0 fully saturated rings. The molecule has 0 unspecified atom stereocenters. The second-order valence-electron chi connectivity index (χ2n) is 2.07. The highest BCUT2D eigenvalue weighted by molar-refractivity contribution is 7.80. The van der Waals surface area contributed by atoms with Gasteiger partial charge in [-0.05, 0) is 6.07 Å². The van der Waals surface area contributed by atoms with Gasteiger partial charge in [-0.3, -0.25) is 0 Å². The summed E-state index contributed by atoms with van der Waals surface area (Å²) < 4.78 is 35.9. The zero-order valence-corrected chi connectivity index (χ0v) is 6.56. The molecule has 0 aliphatic rings. The molecule has 0 radical (unpaired) electrons. The Morgan fingerprint density at radius 2 is 2.00 bits per heavy atom. The number of nitrogens with zero attached hydrogens (tertiary/aromatic N) is 1. The van der Waals surface area contributed by atoms with Crippen LogP contribution in [0, 0.1) is 5.21 Å². The maximum atomic E-state index is 12.0. The molecule has 6 heteroatoms. The Labute approximate surface area is 71.6 Å². The second kappa shape index (κ2) is 2.85. The molecular formula is C6H4F3NOS. The molecule has 12 heavy (non-hydrogen) atoms. The van der Waals surface area contributed by atoms with Crippen molar-refractivity contribution < 1.29 is 17.9 Å². The van der Waals surface area contributed by atoms with Crippen LogP contribution in [0.5, 0.6) is 0 Å². The Bertz CT molecular complexity index is 279. The molecule has 0 aliphatic heterocycles. The van der Waals surface area contributed by atoms with Gasteiger partial charge in [0.2, 0.25) is 0 Å². The zero-order valence-electron chi connectivity index (χ0n) is 5.67. The topological polar surface area (TPSA) is 26.9 Å². The van der Waals surface area contributed by atoms with Gasteiger partial charge in [-0.25, -0.2) is 0 Å². The summed E-state index contributed by atoms with van der Waals surface area (Å²) in [5.74, 6) is 0. The molecule has 0 aliphatic carbocycles. The third kappa shape index (κ3) is 1.63. The molecule has 0 atom stereocenters. The van der Waals surface area contributed by atoms with E-state index in [-0.39, 0.29) is 9.63 Å². The maximum Gasteiger partial charge on any atom is 0.480 e. The molecule has 0 N–H and O–H groups in total. The predicted molar refractivity (Wildman–Crippen MR) is 37.7 cm³/mol. The van der Waals surface area contributed by atoms with Gasteiger partial charge in [0.05, 0.1) is 4.90 Å². The molecule has 0 saturated heterocycles. The van der Waals surface area contributed by atoms with Crippen molar-refractivity contribution in [3.8, 4) is 0 Å².